The standard InChI is InChI=1S/C29H35N3O4/c1-19(33)36-31-21-7-5-8-22(18-21)32(27(34)35)29(16-17-30)15-13-26-25-11-10-20-6-3-4-9-23(20)24(25)12-14-28(26,29)2/h5-6,8,18,25-26H,3-4,7,9-16H2,1-2H3,(H,34,35)/t25?,26?,28-,29+/m0/s1. The number of fused-ring (bicyclic) bond motifs is 4. The third kappa shape index (κ3) is 3.82. The van der Waals surface area contributed by atoms with E-state index in [1.807, 2.05) is 6.08 Å². The summed E-state index contributed by atoms with van der Waals surface area (Å²) in [6.45, 7) is 3.52. The Labute approximate surface area is 212 Å². The van der Waals surface area contributed by atoms with Gasteiger partial charge in [-0.1, -0.05) is 29.8 Å². The average Bonchev–Trinajstić information content (AvgIpc) is 3.15. The fraction of sp³-hybridized carbons (Fsp3) is 0.586. The van der Waals surface area contributed by atoms with E-state index < -0.39 is 17.6 Å². The summed E-state index contributed by atoms with van der Waals surface area (Å²) in [5.74, 6) is 0.307. The van der Waals surface area contributed by atoms with Crippen LogP contribution in [0, 0.1) is 28.6 Å². The van der Waals surface area contributed by atoms with E-state index in [2.05, 4.69) is 24.2 Å². The third-order valence-corrected chi connectivity index (χ3v) is 9.59. The summed E-state index contributed by atoms with van der Waals surface area (Å²) < 4.78 is 0. The van der Waals surface area contributed by atoms with Crippen molar-refractivity contribution in [2.45, 2.75) is 90.0 Å². The van der Waals surface area contributed by atoms with Crippen molar-refractivity contribution in [2.24, 2.45) is 22.4 Å². The molecule has 0 aliphatic heterocycles. The zero-order chi connectivity index (χ0) is 25.5. The second-order valence-electron chi connectivity index (χ2n) is 11.2. The second-order valence-corrected chi connectivity index (χ2v) is 11.2. The van der Waals surface area contributed by atoms with Gasteiger partial charge in [-0.3, -0.25) is 4.90 Å². The van der Waals surface area contributed by atoms with E-state index in [4.69, 9.17) is 4.84 Å². The molecule has 5 rings (SSSR count). The van der Waals surface area contributed by atoms with Crippen molar-refractivity contribution in [1.29, 1.82) is 5.26 Å². The van der Waals surface area contributed by atoms with Crippen LogP contribution in [-0.4, -0.2) is 33.3 Å². The molecule has 5 aliphatic carbocycles. The molecule has 0 aromatic heterocycles. The van der Waals surface area contributed by atoms with Crippen molar-refractivity contribution in [1.82, 2.24) is 4.90 Å². The first-order valence-corrected chi connectivity index (χ1v) is 13.2. The Morgan fingerprint density at radius 3 is 2.86 bits per heavy atom. The van der Waals surface area contributed by atoms with E-state index in [-0.39, 0.29) is 11.8 Å². The molecule has 0 heterocycles. The van der Waals surface area contributed by atoms with Gasteiger partial charge in [-0.25, -0.2) is 9.59 Å². The van der Waals surface area contributed by atoms with Crippen molar-refractivity contribution >= 4 is 17.8 Å². The lowest BCUT2D eigenvalue weighted by Gasteiger charge is -2.56. The number of amides is 1. The Morgan fingerprint density at radius 1 is 1.28 bits per heavy atom. The topological polar surface area (TPSA) is 103 Å². The van der Waals surface area contributed by atoms with Gasteiger partial charge < -0.3 is 9.94 Å². The monoisotopic (exact) mass is 489 g/mol. The van der Waals surface area contributed by atoms with Crippen molar-refractivity contribution in [3.05, 3.63) is 46.7 Å². The van der Waals surface area contributed by atoms with Gasteiger partial charge in [0, 0.05) is 19.0 Å². The number of rotatable bonds is 4. The molecule has 0 spiro atoms. The molecule has 2 fully saturated rings. The SMILES string of the molecule is CC(=O)ON=C1C=C(N(C(=O)O)[C@@]2(CC#N)CCC3C4CCC5=CCCCC5=C4CC[C@@]32C)C=CC1. The van der Waals surface area contributed by atoms with Crippen molar-refractivity contribution < 1.29 is 19.5 Å². The van der Waals surface area contributed by atoms with Gasteiger partial charge in [0.25, 0.3) is 0 Å². The molecule has 7 heteroatoms. The highest BCUT2D eigenvalue weighted by molar-refractivity contribution is 5.98. The molecule has 0 aromatic carbocycles. The van der Waals surface area contributed by atoms with Crippen molar-refractivity contribution in [3.8, 4) is 6.07 Å². The summed E-state index contributed by atoms with van der Waals surface area (Å²) in [5, 5.41) is 24.5. The van der Waals surface area contributed by atoms with E-state index in [0.717, 1.165) is 32.1 Å². The summed E-state index contributed by atoms with van der Waals surface area (Å²) in [5.41, 5.74) is 4.61. The highest BCUT2D eigenvalue weighted by Gasteiger charge is 2.64. The predicted octanol–water partition coefficient (Wildman–Crippen LogP) is 6.41. The fourth-order valence-electron chi connectivity index (χ4n) is 8.06. The van der Waals surface area contributed by atoms with Gasteiger partial charge in [0.15, 0.2) is 0 Å². The Kier molecular flexibility index (Phi) is 6.40. The molecular weight excluding hydrogens is 454 g/mol. The molecule has 5 aliphatic rings. The largest absolute Gasteiger partial charge is 0.465 e. The molecule has 0 aromatic rings. The minimum Gasteiger partial charge on any atom is -0.465 e. The maximum Gasteiger partial charge on any atom is 0.412 e. The predicted molar refractivity (Wildman–Crippen MR) is 136 cm³/mol. The molecule has 0 bridgehead atoms. The van der Waals surface area contributed by atoms with Gasteiger partial charge in [0.1, 0.15) is 0 Å². The van der Waals surface area contributed by atoms with Gasteiger partial charge in [0.05, 0.1) is 23.7 Å². The number of oxime groups is 1. The maximum absolute atomic E-state index is 12.9. The molecule has 1 N–H and O–H groups in total. The number of hydrogen-bond acceptors (Lipinski definition) is 5. The van der Waals surface area contributed by atoms with Gasteiger partial charge in [-0.15, -0.1) is 0 Å². The van der Waals surface area contributed by atoms with Crippen LogP contribution < -0.4 is 0 Å². The molecule has 0 radical (unpaired) electrons. The van der Waals surface area contributed by atoms with Crippen LogP contribution in [0.3, 0.4) is 0 Å². The highest BCUT2D eigenvalue weighted by Crippen LogP contribution is 2.66. The highest BCUT2D eigenvalue weighted by atomic mass is 16.7. The van der Waals surface area contributed by atoms with Crippen LogP contribution in [0.1, 0.15) is 84.5 Å². The minimum atomic E-state index is -1.05. The van der Waals surface area contributed by atoms with E-state index in [1.165, 1.54) is 31.1 Å². The molecule has 2 saturated carbocycles. The lowest BCUT2D eigenvalue weighted by molar-refractivity contribution is -0.140. The molecule has 7 nitrogen and oxygen atoms in total. The summed E-state index contributed by atoms with van der Waals surface area (Å²) in [4.78, 5) is 30.4. The number of carbonyl (C=O) groups is 2. The first-order valence-electron chi connectivity index (χ1n) is 13.2. The van der Waals surface area contributed by atoms with Crippen LogP contribution in [0.5, 0.6) is 0 Å². The van der Waals surface area contributed by atoms with Crippen molar-refractivity contribution in [2.75, 3.05) is 0 Å². The average molecular weight is 490 g/mol. The Morgan fingerprint density at radius 2 is 2.11 bits per heavy atom. The number of carboxylic acid groups (broad SMARTS) is 1. The molecule has 36 heavy (non-hydrogen) atoms. The zero-order valence-electron chi connectivity index (χ0n) is 21.3. The molecule has 0 saturated heterocycles. The van der Waals surface area contributed by atoms with Gasteiger partial charge in [-0.2, -0.15) is 5.26 Å². The maximum atomic E-state index is 12.9. The Bertz CT molecular complexity index is 1170. The normalized spacial score (nSPS) is 34.1. The summed E-state index contributed by atoms with van der Waals surface area (Å²) in [6, 6.07) is 2.37. The number of allylic oxidation sites excluding steroid dienone is 7. The van der Waals surface area contributed by atoms with Gasteiger partial charge in [0.2, 0.25) is 0 Å². The first kappa shape index (κ1) is 24.5. The third-order valence-electron chi connectivity index (χ3n) is 9.59. The van der Waals surface area contributed by atoms with E-state index in [0.29, 0.717) is 36.1 Å². The Balaban J connectivity index is 1.55. The lowest BCUT2D eigenvalue weighted by atomic mass is 9.53. The fourth-order valence-corrected chi connectivity index (χ4v) is 8.06. The van der Waals surface area contributed by atoms with Crippen LogP contribution in [0.4, 0.5) is 4.79 Å². The Hall–Kier alpha value is -3.14. The van der Waals surface area contributed by atoms with Gasteiger partial charge >= 0.3 is 12.1 Å². The molecule has 1 amide bonds. The van der Waals surface area contributed by atoms with Crippen LogP contribution in [0.15, 0.2) is 51.9 Å². The number of hydrogen-bond donors (Lipinski definition) is 1. The molecule has 190 valence electrons. The van der Waals surface area contributed by atoms with E-state index in [1.54, 1.807) is 28.9 Å². The number of nitrogens with zero attached hydrogens (tertiary/aromatic N) is 3. The minimum absolute atomic E-state index is 0.150. The number of nitriles is 1. The van der Waals surface area contributed by atoms with E-state index in [9.17, 15) is 20.0 Å². The van der Waals surface area contributed by atoms with E-state index >= 15 is 0 Å². The second kappa shape index (κ2) is 9.38. The van der Waals surface area contributed by atoms with Crippen LogP contribution in [0.25, 0.3) is 0 Å². The first-order chi connectivity index (χ1) is 17.3. The van der Waals surface area contributed by atoms with Crippen LogP contribution >= 0.6 is 0 Å². The lowest BCUT2D eigenvalue weighted by Crippen LogP contribution is -2.60. The zero-order valence-corrected chi connectivity index (χ0v) is 21.3. The molecular formula is C29H35N3O4. The summed E-state index contributed by atoms with van der Waals surface area (Å²) in [6.07, 6.45) is 16.6. The summed E-state index contributed by atoms with van der Waals surface area (Å²) in [7, 11) is 0. The smallest absolute Gasteiger partial charge is 0.412 e. The quantitative estimate of drug-likeness (QED) is 0.363. The van der Waals surface area contributed by atoms with Crippen LogP contribution in [0.2, 0.25) is 0 Å². The molecule has 4 atom stereocenters. The number of carbonyl (C=O) groups excluding carboxylic acids is 1. The van der Waals surface area contributed by atoms with Gasteiger partial charge in [-0.05, 0) is 98.3 Å². The molecule has 2 unspecified atom stereocenters. The van der Waals surface area contributed by atoms with Crippen molar-refractivity contribution in [3.63, 3.8) is 0 Å². The van der Waals surface area contributed by atoms with Crippen LogP contribution in [-0.2, 0) is 9.63 Å². The summed E-state index contributed by atoms with van der Waals surface area (Å²) >= 11 is 0.